The Morgan fingerprint density at radius 3 is 2.29 bits per heavy atom. The molecule has 0 saturated carbocycles. The fraction of sp³-hybridized carbons (Fsp3) is 0.0909. The van der Waals surface area contributed by atoms with Crippen molar-refractivity contribution < 1.29 is 17.2 Å². The molecule has 1 heterocycles. The van der Waals surface area contributed by atoms with Crippen LogP contribution in [0.25, 0.3) is 27.7 Å². The molecule has 0 atom stereocenters. The first-order valence-corrected chi connectivity index (χ1v) is 10.6. The van der Waals surface area contributed by atoms with Gasteiger partial charge in [0.25, 0.3) is 5.56 Å². The highest BCUT2D eigenvalue weighted by Crippen LogP contribution is 2.28. The number of rotatable bonds is 4. The molecule has 0 aliphatic rings. The van der Waals surface area contributed by atoms with E-state index in [9.17, 15) is 22.0 Å². The zero-order valence-corrected chi connectivity index (χ0v) is 17.4. The van der Waals surface area contributed by atoms with Gasteiger partial charge in [-0.15, -0.1) is 0 Å². The van der Waals surface area contributed by atoms with Crippen LogP contribution in [0.4, 0.5) is 8.78 Å². The Hall–Kier alpha value is -3.43. The van der Waals surface area contributed by atoms with Gasteiger partial charge < -0.3 is 0 Å². The minimum atomic E-state index is -3.71. The Bertz CT molecular complexity index is 1480. The molecule has 3 aromatic carbocycles. The molecule has 0 N–H and O–H groups in total. The highest BCUT2D eigenvalue weighted by atomic mass is 32.2. The van der Waals surface area contributed by atoms with Gasteiger partial charge >= 0.3 is 0 Å². The van der Waals surface area contributed by atoms with Crippen molar-refractivity contribution in [3.8, 4) is 16.9 Å². The van der Waals surface area contributed by atoms with Crippen molar-refractivity contribution in [2.24, 2.45) is 0 Å². The fourth-order valence-corrected chi connectivity index (χ4v) is 4.18. The minimum absolute atomic E-state index is 0.0478. The summed E-state index contributed by atoms with van der Waals surface area (Å²) in [5.41, 5.74) is -0.0810. The summed E-state index contributed by atoms with van der Waals surface area (Å²) in [6.45, 7) is 0. The third-order valence-corrected chi connectivity index (χ3v) is 6.64. The van der Waals surface area contributed by atoms with Crippen LogP contribution in [0.2, 0.25) is 0 Å². The van der Waals surface area contributed by atoms with Crippen LogP contribution in [0.15, 0.2) is 76.4 Å². The van der Waals surface area contributed by atoms with Gasteiger partial charge in [-0.3, -0.25) is 4.79 Å². The summed E-state index contributed by atoms with van der Waals surface area (Å²) in [5.74, 6) is -1.73. The smallest absolute Gasteiger partial charge is 0.267 e. The highest BCUT2D eigenvalue weighted by molar-refractivity contribution is 7.89. The lowest BCUT2D eigenvalue weighted by Gasteiger charge is -2.14. The Balaban J connectivity index is 2.04. The maximum absolute atomic E-state index is 14.4. The van der Waals surface area contributed by atoms with Crippen molar-refractivity contribution in [1.82, 2.24) is 14.1 Å². The van der Waals surface area contributed by atoms with Crippen LogP contribution in [-0.2, 0) is 10.0 Å². The van der Waals surface area contributed by atoms with Crippen molar-refractivity contribution in [3.63, 3.8) is 0 Å². The van der Waals surface area contributed by atoms with Gasteiger partial charge in [0, 0.05) is 31.1 Å². The predicted molar refractivity (Wildman–Crippen MR) is 114 cm³/mol. The molecule has 6 nitrogen and oxygen atoms in total. The van der Waals surface area contributed by atoms with Crippen LogP contribution in [0.5, 0.6) is 0 Å². The Morgan fingerprint density at radius 2 is 1.61 bits per heavy atom. The van der Waals surface area contributed by atoms with Gasteiger partial charge in [0.1, 0.15) is 11.5 Å². The SMILES string of the molecule is CN(C)S(=O)(=O)c1cccc(-c2nn(-c3ccc(F)cc3F)c(=O)c3ccccc23)c1. The summed E-state index contributed by atoms with van der Waals surface area (Å²) in [6.07, 6.45) is 0. The zero-order chi connectivity index (χ0) is 22.3. The number of nitrogens with zero attached hydrogens (tertiary/aromatic N) is 3. The number of benzene rings is 3. The summed E-state index contributed by atoms with van der Waals surface area (Å²) >= 11 is 0. The monoisotopic (exact) mass is 441 g/mol. The first-order valence-electron chi connectivity index (χ1n) is 9.20. The van der Waals surface area contributed by atoms with E-state index in [1.54, 1.807) is 36.4 Å². The van der Waals surface area contributed by atoms with Crippen molar-refractivity contribution in [2.45, 2.75) is 4.90 Å². The number of hydrogen-bond donors (Lipinski definition) is 0. The third-order valence-electron chi connectivity index (χ3n) is 4.83. The van der Waals surface area contributed by atoms with E-state index in [2.05, 4.69) is 5.10 Å². The second-order valence-electron chi connectivity index (χ2n) is 7.02. The van der Waals surface area contributed by atoms with E-state index in [1.807, 2.05) is 0 Å². The quantitative estimate of drug-likeness (QED) is 0.485. The third kappa shape index (κ3) is 3.62. The first-order chi connectivity index (χ1) is 14.7. The molecule has 4 rings (SSSR count). The number of sulfonamides is 1. The summed E-state index contributed by atoms with van der Waals surface area (Å²) < 4.78 is 54.9. The largest absolute Gasteiger partial charge is 0.279 e. The summed E-state index contributed by atoms with van der Waals surface area (Å²) in [6, 6.07) is 15.6. The van der Waals surface area contributed by atoms with Gasteiger partial charge in [0.05, 0.1) is 16.0 Å². The molecule has 31 heavy (non-hydrogen) atoms. The van der Waals surface area contributed by atoms with Crippen LogP contribution < -0.4 is 5.56 Å². The van der Waals surface area contributed by atoms with Crippen molar-refractivity contribution in [1.29, 1.82) is 0 Å². The molecule has 9 heteroatoms. The van der Waals surface area contributed by atoms with E-state index >= 15 is 0 Å². The van der Waals surface area contributed by atoms with Crippen LogP contribution in [0.1, 0.15) is 0 Å². The van der Waals surface area contributed by atoms with Crippen LogP contribution in [-0.4, -0.2) is 36.6 Å². The molecule has 4 aromatic rings. The van der Waals surface area contributed by atoms with E-state index in [1.165, 1.54) is 26.2 Å². The Morgan fingerprint density at radius 1 is 0.903 bits per heavy atom. The molecule has 0 unspecified atom stereocenters. The average molecular weight is 441 g/mol. The van der Waals surface area contributed by atoms with Crippen LogP contribution >= 0.6 is 0 Å². The van der Waals surface area contributed by atoms with Gasteiger partial charge in [-0.1, -0.05) is 30.3 Å². The molecule has 0 spiro atoms. The highest BCUT2D eigenvalue weighted by Gasteiger charge is 2.20. The van der Waals surface area contributed by atoms with Gasteiger partial charge in [0.15, 0.2) is 5.82 Å². The number of hydrogen-bond acceptors (Lipinski definition) is 4. The van der Waals surface area contributed by atoms with E-state index in [0.717, 1.165) is 21.1 Å². The molecule has 1 aromatic heterocycles. The molecule has 0 fully saturated rings. The van der Waals surface area contributed by atoms with E-state index in [-0.39, 0.29) is 21.7 Å². The molecular weight excluding hydrogens is 424 g/mol. The van der Waals surface area contributed by atoms with Crippen molar-refractivity contribution in [2.75, 3.05) is 14.1 Å². The van der Waals surface area contributed by atoms with Gasteiger partial charge in [-0.25, -0.2) is 21.5 Å². The lowest BCUT2D eigenvalue weighted by molar-refractivity contribution is 0.521. The molecule has 0 aliphatic carbocycles. The van der Waals surface area contributed by atoms with Crippen molar-refractivity contribution >= 4 is 20.8 Å². The maximum Gasteiger partial charge on any atom is 0.279 e. The van der Waals surface area contributed by atoms with E-state index in [4.69, 9.17) is 0 Å². The van der Waals surface area contributed by atoms with Gasteiger partial charge in [0.2, 0.25) is 10.0 Å². The summed E-state index contributed by atoms with van der Waals surface area (Å²) in [7, 11) is -0.860. The standard InChI is InChI=1S/C22H17F2N3O3S/c1-26(2)31(29,30)16-7-5-6-14(12-16)21-17-8-3-4-9-18(17)22(28)27(25-21)20-11-10-15(23)13-19(20)24/h3-13H,1-2H3. The molecule has 0 bridgehead atoms. The lowest BCUT2D eigenvalue weighted by atomic mass is 10.1. The Kier molecular flexibility index (Phi) is 5.16. The van der Waals surface area contributed by atoms with E-state index in [0.29, 0.717) is 17.0 Å². The van der Waals surface area contributed by atoms with Crippen molar-refractivity contribution in [3.05, 3.63) is 88.7 Å². The van der Waals surface area contributed by atoms with Crippen LogP contribution in [0, 0.1) is 11.6 Å². The summed E-state index contributed by atoms with van der Waals surface area (Å²) in [4.78, 5) is 13.1. The molecule has 158 valence electrons. The minimum Gasteiger partial charge on any atom is -0.267 e. The average Bonchev–Trinajstić information content (AvgIpc) is 2.75. The zero-order valence-electron chi connectivity index (χ0n) is 16.6. The van der Waals surface area contributed by atoms with Gasteiger partial charge in [-0.05, 0) is 30.3 Å². The van der Waals surface area contributed by atoms with Crippen LogP contribution in [0.3, 0.4) is 0 Å². The molecule has 0 saturated heterocycles. The number of halogens is 2. The maximum atomic E-state index is 14.4. The Labute approximate surface area is 177 Å². The van der Waals surface area contributed by atoms with Gasteiger partial charge in [-0.2, -0.15) is 9.78 Å². The molecule has 0 aliphatic heterocycles. The predicted octanol–water partition coefficient (Wildman–Crippen LogP) is 3.58. The topological polar surface area (TPSA) is 72.3 Å². The van der Waals surface area contributed by atoms with E-state index < -0.39 is 27.2 Å². The molecule has 0 amide bonds. The summed E-state index contributed by atoms with van der Waals surface area (Å²) in [5, 5.41) is 5.07. The molecule has 0 radical (unpaired) electrons. The number of aromatic nitrogens is 2. The second-order valence-corrected chi connectivity index (χ2v) is 9.17. The fourth-order valence-electron chi connectivity index (χ4n) is 3.23. The normalized spacial score (nSPS) is 11.9. The first kappa shape index (κ1) is 20.8. The lowest BCUT2D eigenvalue weighted by Crippen LogP contribution is -2.23. The second kappa shape index (κ2) is 7.68. The molecular formula is C22H17F2N3O3S. The number of fused-ring (bicyclic) bond motifs is 1.